The Bertz CT molecular complexity index is 1160. The van der Waals surface area contributed by atoms with Crippen molar-refractivity contribution in [2.45, 2.75) is 31.7 Å². The van der Waals surface area contributed by atoms with Crippen molar-refractivity contribution < 1.29 is 13.9 Å². The fourth-order valence-electron chi connectivity index (χ4n) is 3.29. The molecule has 0 N–H and O–H groups in total. The van der Waals surface area contributed by atoms with Gasteiger partial charge in [0.15, 0.2) is 0 Å². The second-order valence-electron chi connectivity index (χ2n) is 6.53. The third kappa shape index (κ3) is 3.63. The molecule has 0 aliphatic rings. The molecule has 4 rings (SSSR count). The summed E-state index contributed by atoms with van der Waals surface area (Å²) in [5, 5.41) is 13.7. The minimum atomic E-state index is -0.464. The SMILES string of the molecule is CCOC(=O)c1oc2ccccc2c1CSc1nnnn1-c1c(C)cccc1C. The molecule has 0 unspecified atom stereocenters. The number of rotatable bonds is 6. The standard InChI is InChI=1S/C21H20N4O3S/c1-4-27-20(26)19-16(15-10-5-6-11-17(15)28-19)12-29-21-22-23-24-25(21)18-13(2)8-7-9-14(18)3/h5-11H,4,12H2,1-3H3. The van der Waals surface area contributed by atoms with Crippen LogP contribution in [-0.2, 0) is 10.5 Å². The zero-order chi connectivity index (χ0) is 20.4. The Morgan fingerprint density at radius 2 is 1.90 bits per heavy atom. The molecule has 8 heteroatoms. The summed E-state index contributed by atoms with van der Waals surface area (Å²) in [6.07, 6.45) is 0. The molecular weight excluding hydrogens is 388 g/mol. The van der Waals surface area contributed by atoms with E-state index in [1.54, 1.807) is 11.6 Å². The van der Waals surface area contributed by atoms with Crippen molar-refractivity contribution in [3.8, 4) is 5.69 Å². The number of benzene rings is 2. The van der Waals surface area contributed by atoms with E-state index in [1.165, 1.54) is 11.8 Å². The van der Waals surface area contributed by atoms with Gasteiger partial charge in [-0.2, -0.15) is 4.68 Å². The third-order valence-electron chi connectivity index (χ3n) is 4.60. The highest BCUT2D eigenvalue weighted by Gasteiger charge is 2.23. The number of para-hydroxylation sites is 2. The minimum absolute atomic E-state index is 0.228. The van der Waals surface area contributed by atoms with Gasteiger partial charge in [0, 0.05) is 16.7 Å². The number of ether oxygens (including phenoxy) is 1. The van der Waals surface area contributed by atoms with Crippen molar-refractivity contribution in [1.82, 2.24) is 20.2 Å². The first-order valence-electron chi connectivity index (χ1n) is 9.25. The number of fused-ring (bicyclic) bond motifs is 1. The Balaban J connectivity index is 1.69. The van der Waals surface area contributed by atoms with Gasteiger partial charge in [-0.25, -0.2) is 4.79 Å². The number of tetrazole rings is 1. The maximum atomic E-state index is 12.4. The number of aromatic nitrogens is 4. The molecular formula is C21H20N4O3S. The van der Waals surface area contributed by atoms with Crippen LogP contribution in [0.5, 0.6) is 0 Å². The normalized spacial score (nSPS) is 11.1. The monoisotopic (exact) mass is 408 g/mol. The van der Waals surface area contributed by atoms with E-state index < -0.39 is 5.97 Å². The second kappa shape index (κ2) is 8.08. The van der Waals surface area contributed by atoms with Crippen LogP contribution in [0.3, 0.4) is 0 Å². The Hall–Kier alpha value is -3.13. The molecule has 7 nitrogen and oxygen atoms in total. The number of carbonyl (C=O) groups excluding carboxylic acids is 1. The molecule has 0 atom stereocenters. The summed E-state index contributed by atoms with van der Waals surface area (Å²) in [6.45, 7) is 6.11. The van der Waals surface area contributed by atoms with Gasteiger partial charge in [-0.15, -0.1) is 5.10 Å². The first-order chi connectivity index (χ1) is 14.1. The topological polar surface area (TPSA) is 83.0 Å². The number of hydrogen-bond donors (Lipinski definition) is 0. The maximum absolute atomic E-state index is 12.4. The van der Waals surface area contributed by atoms with Crippen LogP contribution in [0.25, 0.3) is 16.7 Å². The number of thioether (sulfide) groups is 1. The summed E-state index contributed by atoms with van der Waals surface area (Å²) in [6, 6.07) is 13.6. The van der Waals surface area contributed by atoms with Crippen LogP contribution in [0, 0.1) is 13.8 Å². The quantitative estimate of drug-likeness (QED) is 0.343. The molecule has 2 aromatic carbocycles. The Morgan fingerprint density at radius 1 is 1.14 bits per heavy atom. The van der Waals surface area contributed by atoms with Crippen LogP contribution < -0.4 is 0 Å². The molecule has 148 valence electrons. The van der Waals surface area contributed by atoms with Crippen LogP contribution in [0.1, 0.15) is 34.2 Å². The molecule has 2 heterocycles. The lowest BCUT2D eigenvalue weighted by Crippen LogP contribution is -2.06. The molecule has 0 amide bonds. The number of hydrogen-bond acceptors (Lipinski definition) is 7. The molecule has 0 bridgehead atoms. The second-order valence-corrected chi connectivity index (χ2v) is 7.47. The number of nitrogens with zero attached hydrogens (tertiary/aromatic N) is 4. The highest BCUT2D eigenvalue weighted by Crippen LogP contribution is 2.33. The maximum Gasteiger partial charge on any atom is 0.374 e. The average molecular weight is 408 g/mol. The summed E-state index contributed by atoms with van der Waals surface area (Å²) < 4.78 is 12.7. The van der Waals surface area contributed by atoms with E-state index in [4.69, 9.17) is 9.15 Å². The summed E-state index contributed by atoms with van der Waals surface area (Å²) in [4.78, 5) is 12.4. The lowest BCUT2D eigenvalue weighted by atomic mass is 10.1. The van der Waals surface area contributed by atoms with E-state index in [-0.39, 0.29) is 12.4 Å². The molecule has 2 aromatic heterocycles. The molecule has 4 aromatic rings. The molecule has 0 fully saturated rings. The molecule has 0 radical (unpaired) electrons. The van der Waals surface area contributed by atoms with Crippen LogP contribution in [0.4, 0.5) is 0 Å². The van der Waals surface area contributed by atoms with Gasteiger partial charge in [-0.1, -0.05) is 48.2 Å². The first kappa shape index (κ1) is 19.2. The van der Waals surface area contributed by atoms with Gasteiger partial charge in [0.1, 0.15) is 5.58 Å². The zero-order valence-electron chi connectivity index (χ0n) is 16.4. The van der Waals surface area contributed by atoms with Crippen molar-refractivity contribution in [3.63, 3.8) is 0 Å². The lowest BCUT2D eigenvalue weighted by molar-refractivity contribution is 0.0491. The van der Waals surface area contributed by atoms with Crippen LogP contribution in [-0.4, -0.2) is 32.8 Å². The van der Waals surface area contributed by atoms with Gasteiger partial charge < -0.3 is 9.15 Å². The average Bonchev–Trinajstić information content (AvgIpc) is 3.31. The summed E-state index contributed by atoms with van der Waals surface area (Å²) >= 11 is 1.45. The van der Waals surface area contributed by atoms with Crippen LogP contribution in [0.15, 0.2) is 52.0 Å². The van der Waals surface area contributed by atoms with Crippen molar-refractivity contribution in [1.29, 1.82) is 0 Å². The largest absolute Gasteiger partial charge is 0.460 e. The molecule has 29 heavy (non-hydrogen) atoms. The van der Waals surface area contributed by atoms with Gasteiger partial charge in [0.05, 0.1) is 12.3 Å². The van der Waals surface area contributed by atoms with Crippen molar-refractivity contribution in [3.05, 3.63) is 64.9 Å². The van der Waals surface area contributed by atoms with Gasteiger partial charge in [0.25, 0.3) is 0 Å². The molecule has 0 aliphatic heterocycles. The predicted molar refractivity (Wildman–Crippen MR) is 110 cm³/mol. The number of carbonyl (C=O) groups is 1. The molecule has 0 saturated carbocycles. The summed E-state index contributed by atoms with van der Waals surface area (Å²) in [5.74, 6) is 0.233. The Labute approximate surface area is 172 Å². The van der Waals surface area contributed by atoms with Gasteiger partial charge in [0.2, 0.25) is 10.9 Å². The molecule has 0 spiro atoms. The zero-order valence-corrected chi connectivity index (χ0v) is 17.2. The van der Waals surface area contributed by atoms with Crippen LogP contribution in [0.2, 0.25) is 0 Å². The predicted octanol–water partition coefficient (Wildman–Crippen LogP) is 4.49. The van der Waals surface area contributed by atoms with Crippen molar-refractivity contribution in [2.24, 2.45) is 0 Å². The molecule has 0 saturated heterocycles. The highest BCUT2D eigenvalue weighted by molar-refractivity contribution is 7.98. The number of aryl methyl sites for hydroxylation is 2. The van der Waals surface area contributed by atoms with Gasteiger partial charge >= 0.3 is 5.97 Å². The fourth-order valence-corrected chi connectivity index (χ4v) is 4.19. The van der Waals surface area contributed by atoms with E-state index in [0.29, 0.717) is 16.5 Å². The van der Waals surface area contributed by atoms with Crippen molar-refractivity contribution in [2.75, 3.05) is 6.61 Å². The van der Waals surface area contributed by atoms with Crippen LogP contribution >= 0.6 is 11.8 Å². The van der Waals surface area contributed by atoms with E-state index in [1.807, 2.05) is 56.3 Å². The summed E-state index contributed by atoms with van der Waals surface area (Å²) in [5.41, 5.74) is 4.56. The van der Waals surface area contributed by atoms with E-state index in [9.17, 15) is 4.79 Å². The minimum Gasteiger partial charge on any atom is -0.460 e. The number of furan rings is 1. The van der Waals surface area contributed by atoms with Gasteiger partial charge in [-0.05, 0) is 48.4 Å². The Kier molecular flexibility index (Phi) is 5.35. The number of esters is 1. The smallest absolute Gasteiger partial charge is 0.374 e. The molecule has 0 aliphatic carbocycles. The lowest BCUT2D eigenvalue weighted by Gasteiger charge is -2.10. The fraction of sp³-hybridized carbons (Fsp3) is 0.238. The first-order valence-corrected chi connectivity index (χ1v) is 10.2. The van der Waals surface area contributed by atoms with Gasteiger partial charge in [-0.3, -0.25) is 0 Å². The van der Waals surface area contributed by atoms with E-state index in [2.05, 4.69) is 15.5 Å². The highest BCUT2D eigenvalue weighted by atomic mass is 32.2. The van der Waals surface area contributed by atoms with E-state index >= 15 is 0 Å². The summed E-state index contributed by atoms with van der Waals surface area (Å²) in [7, 11) is 0. The van der Waals surface area contributed by atoms with Crippen molar-refractivity contribution >= 4 is 28.7 Å². The third-order valence-corrected chi connectivity index (χ3v) is 5.54. The van der Waals surface area contributed by atoms with E-state index in [0.717, 1.165) is 27.8 Å². The Morgan fingerprint density at radius 3 is 2.66 bits per heavy atom.